The van der Waals surface area contributed by atoms with E-state index in [4.69, 9.17) is 13.3 Å². The van der Waals surface area contributed by atoms with Gasteiger partial charge in [0.25, 0.3) is 10.1 Å². The molecule has 0 aliphatic rings. The monoisotopic (exact) mass is 509 g/mol. The van der Waals surface area contributed by atoms with Gasteiger partial charge >= 0.3 is 6.09 Å². The standard InChI is InChI=1S/C25H39NO6SSi/c1-24(2,3)31-23(27)26-22(20-16-12-14-18-13-10-11-15-19(18)20)21(32-33(7,28)29)17-30-34(8,9)25(4,5)6/h10-16,21-22H,17H2,1-9H3,(H,26,27)/t21-,22+/m0/s1. The van der Waals surface area contributed by atoms with Gasteiger partial charge in [-0.3, -0.25) is 4.18 Å². The molecule has 1 amide bonds. The summed E-state index contributed by atoms with van der Waals surface area (Å²) in [6, 6.07) is 12.6. The molecule has 0 aliphatic carbocycles. The maximum absolute atomic E-state index is 12.8. The van der Waals surface area contributed by atoms with E-state index in [0.29, 0.717) is 0 Å². The summed E-state index contributed by atoms with van der Waals surface area (Å²) in [7, 11) is -6.10. The number of amides is 1. The van der Waals surface area contributed by atoms with Crippen LogP contribution < -0.4 is 5.32 Å². The van der Waals surface area contributed by atoms with Crippen LogP contribution in [-0.2, 0) is 23.5 Å². The quantitative estimate of drug-likeness (QED) is 0.359. The maximum atomic E-state index is 12.8. The Labute approximate surface area is 205 Å². The Balaban J connectivity index is 2.57. The maximum Gasteiger partial charge on any atom is 0.408 e. The molecule has 1 N–H and O–H groups in total. The van der Waals surface area contributed by atoms with Gasteiger partial charge in [0.1, 0.15) is 11.7 Å². The van der Waals surface area contributed by atoms with Crippen molar-refractivity contribution in [2.75, 3.05) is 12.9 Å². The van der Waals surface area contributed by atoms with Gasteiger partial charge in [-0.2, -0.15) is 8.42 Å². The Morgan fingerprint density at radius 2 is 1.59 bits per heavy atom. The molecule has 2 atom stereocenters. The lowest BCUT2D eigenvalue weighted by Crippen LogP contribution is -2.47. The number of nitrogens with one attached hydrogen (secondary N) is 1. The van der Waals surface area contributed by atoms with Gasteiger partial charge < -0.3 is 14.5 Å². The predicted molar refractivity (Wildman–Crippen MR) is 139 cm³/mol. The van der Waals surface area contributed by atoms with E-state index in [1.807, 2.05) is 42.5 Å². The van der Waals surface area contributed by atoms with Crippen LogP contribution >= 0.6 is 0 Å². The number of carbonyl (C=O) groups excluding carboxylic acids is 1. The molecule has 0 unspecified atom stereocenters. The van der Waals surface area contributed by atoms with Crippen molar-refractivity contribution in [1.82, 2.24) is 5.32 Å². The first-order valence-corrected chi connectivity index (χ1v) is 16.1. The van der Waals surface area contributed by atoms with Crippen LogP contribution in [-0.4, -0.2) is 47.4 Å². The SMILES string of the molecule is CC(C)(C)OC(=O)N[C@H](c1cccc2ccccc12)[C@H](CO[Si](C)(C)C(C)(C)C)OS(C)(=O)=O. The molecular formula is C25H39NO6SSi. The van der Waals surface area contributed by atoms with E-state index < -0.39 is 42.3 Å². The largest absolute Gasteiger partial charge is 0.444 e. The van der Waals surface area contributed by atoms with Crippen LogP contribution in [0.4, 0.5) is 4.79 Å². The van der Waals surface area contributed by atoms with E-state index in [0.717, 1.165) is 22.6 Å². The zero-order chi connectivity index (χ0) is 25.9. The Morgan fingerprint density at radius 1 is 1.00 bits per heavy atom. The molecule has 0 aliphatic heterocycles. The van der Waals surface area contributed by atoms with Crippen LogP contribution in [0.2, 0.25) is 18.1 Å². The summed E-state index contributed by atoms with van der Waals surface area (Å²) in [4.78, 5) is 12.8. The minimum absolute atomic E-state index is 0.00670. The molecule has 0 bridgehead atoms. The summed E-state index contributed by atoms with van der Waals surface area (Å²) < 4.78 is 41.9. The molecule has 7 nitrogen and oxygen atoms in total. The predicted octanol–water partition coefficient (Wildman–Crippen LogP) is 5.77. The van der Waals surface area contributed by atoms with Crippen LogP contribution in [0.1, 0.15) is 53.1 Å². The highest BCUT2D eigenvalue weighted by Gasteiger charge is 2.40. The second kappa shape index (κ2) is 10.4. The van der Waals surface area contributed by atoms with Crippen molar-refractivity contribution in [1.29, 1.82) is 0 Å². The molecule has 0 saturated heterocycles. The molecule has 190 valence electrons. The van der Waals surface area contributed by atoms with Crippen LogP contribution in [0, 0.1) is 0 Å². The number of rotatable bonds is 8. The van der Waals surface area contributed by atoms with Crippen LogP contribution in [0.25, 0.3) is 10.8 Å². The lowest BCUT2D eigenvalue weighted by atomic mass is 9.95. The van der Waals surface area contributed by atoms with E-state index in [9.17, 15) is 13.2 Å². The number of hydrogen-bond donors (Lipinski definition) is 1. The Hall–Kier alpha value is -1.94. The van der Waals surface area contributed by atoms with Crippen molar-refractivity contribution in [3.05, 3.63) is 48.0 Å². The fraction of sp³-hybridized carbons (Fsp3) is 0.560. The number of benzene rings is 2. The molecule has 0 saturated carbocycles. The third kappa shape index (κ3) is 8.08. The fourth-order valence-corrected chi connectivity index (χ4v) is 4.87. The van der Waals surface area contributed by atoms with Gasteiger partial charge in [0.05, 0.1) is 18.9 Å². The van der Waals surface area contributed by atoms with Crippen molar-refractivity contribution >= 4 is 35.3 Å². The smallest absolute Gasteiger partial charge is 0.408 e. The van der Waals surface area contributed by atoms with E-state index in [1.165, 1.54) is 0 Å². The van der Waals surface area contributed by atoms with E-state index in [1.54, 1.807) is 20.8 Å². The molecule has 34 heavy (non-hydrogen) atoms. The fourth-order valence-electron chi connectivity index (χ4n) is 3.24. The topological polar surface area (TPSA) is 90.9 Å². The lowest BCUT2D eigenvalue weighted by Gasteiger charge is -2.38. The molecule has 2 aromatic rings. The number of hydrogen-bond acceptors (Lipinski definition) is 6. The summed E-state index contributed by atoms with van der Waals surface area (Å²) in [5.74, 6) is 0. The average molecular weight is 510 g/mol. The molecule has 0 spiro atoms. The Kier molecular flexibility index (Phi) is 8.62. The highest BCUT2D eigenvalue weighted by molar-refractivity contribution is 7.86. The van der Waals surface area contributed by atoms with Gasteiger partial charge in [-0.05, 0) is 55.2 Å². The van der Waals surface area contributed by atoms with E-state index >= 15 is 0 Å². The van der Waals surface area contributed by atoms with Crippen LogP contribution in [0.5, 0.6) is 0 Å². The van der Waals surface area contributed by atoms with Gasteiger partial charge in [0, 0.05) is 0 Å². The molecule has 0 fully saturated rings. The minimum Gasteiger partial charge on any atom is -0.444 e. The average Bonchev–Trinajstić information content (AvgIpc) is 2.66. The third-order valence-corrected chi connectivity index (χ3v) is 11.0. The first-order valence-electron chi connectivity index (χ1n) is 11.4. The molecule has 0 heterocycles. The first kappa shape index (κ1) is 28.3. The second-order valence-electron chi connectivity index (χ2n) is 11.1. The normalized spacial score (nSPS) is 15.1. The van der Waals surface area contributed by atoms with Gasteiger partial charge in [0.2, 0.25) is 0 Å². The number of fused-ring (bicyclic) bond motifs is 1. The van der Waals surface area contributed by atoms with E-state index in [2.05, 4.69) is 39.2 Å². The summed E-state index contributed by atoms with van der Waals surface area (Å²) in [6.07, 6.45) is -0.665. The number of ether oxygens (including phenoxy) is 1. The molecule has 0 radical (unpaired) electrons. The summed E-state index contributed by atoms with van der Waals surface area (Å²) in [5, 5.41) is 4.61. The third-order valence-electron chi connectivity index (χ3n) is 5.92. The molecular weight excluding hydrogens is 470 g/mol. The van der Waals surface area contributed by atoms with Gasteiger partial charge in [-0.25, -0.2) is 4.79 Å². The van der Waals surface area contributed by atoms with Crippen molar-refractivity contribution in [2.45, 2.75) is 77.4 Å². The van der Waals surface area contributed by atoms with Crippen LogP contribution in [0.15, 0.2) is 42.5 Å². The van der Waals surface area contributed by atoms with Crippen LogP contribution in [0.3, 0.4) is 0 Å². The zero-order valence-electron chi connectivity index (χ0n) is 21.8. The van der Waals surface area contributed by atoms with Gasteiger partial charge in [-0.1, -0.05) is 63.2 Å². The molecule has 9 heteroatoms. The van der Waals surface area contributed by atoms with Crippen molar-refractivity contribution in [3.8, 4) is 0 Å². The van der Waals surface area contributed by atoms with E-state index in [-0.39, 0.29) is 11.6 Å². The molecule has 2 aromatic carbocycles. The summed E-state index contributed by atoms with van der Waals surface area (Å²) >= 11 is 0. The molecule has 2 rings (SSSR count). The zero-order valence-corrected chi connectivity index (χ0v) is 23.6. The highest BCUT2D eigenvalue weighted by atomic mass is 32.2. The Morgan fingerprint density at radius 3 is 2.15 bits per heavy atom. The number of carbonyl (C=O) groups is 1. The molecule has 0 aromatic heterocycles. The van der Waals surface area contributed by atoms with Gasteiger partial charge in [0.15, 0.2) is 8.32 Å². The first-order chi connectivity index (χ1) is 15.4. The van der Waals surface area contributed by atoms with Gasteiger partial charge in [-0.15, -0.1) is 0 Å². The van der Waals surface area contributed by atoms with Crippen molar-refractivity contribution in [3.63, 3.8) is 0 Å². The Bertz CT molecular complexity index is 1100. The second-order valence-corrected chi connectivity index (χ2v) is 17.5. The summed E-state index contributed by atoms with van der Waals surface area (Å²) in [6.45, 7) is 15.8. The number of alkyl carbamates (subject to hydrolysis) is 1. The highest BCUT2D eigenvalue weighted by Crippen LogP contribution is 2.37. The van der Waals surface area contributed by atoms with Crippen molar-refractivity contribution < 1.29 is 26.6 Å². The minimum atomic E-state index is -3.86. The van der Waals surface area contributed by atoms with Crippen molar-refractivity contribution in [2.24, 2.45) is 0 Å². The summed E-state index contributed by atoms with van der Waals surface area (Å²) in [5.41, 5.74) is -0.00507. The lowest BCUT2D eigenvalue weighted by molar-refractivity contribution is 0.0396.